The molecule has 2 fully saturated rings. The van der Waals surface area contributed by atoms with Gasteiger partial charge in [-0.25, -0.2) is 4.98 Å². The van der Waals surface area contributed by atoms with Crippen molar-refractivity contribution in [2.45, 2.75) is 25.3 Å². The van der Waals surface area contributed by atoms with Gasteiger partial charge in [0.15, 0.2) is 5.65 Å². The van der Waals surface area contributed by atoms with Crippen molar-refractivity contribution in [2.75, 3.05) is 24.7 Å². The molecule has 128 valence electrons. The Labute approximate surface area is 146 Å². The van der Waals surface area contributed by atoms with Gasteiger partial charge in [-0.3, -0.25) is 4.40 Å². The number of benzene rings is 1. The fraction of sp³-hybridized carbons (Fsp3) is 0.421. The molecule has 5 rings (SSSR count). The fourth-order valence-electron chi connectivity index (χ4n) is 4.43. The predicted molar refractivity (Wildman–Crippen MR) is 94.8 cm³/mol. The molecule has 0 spiro atoms. The van der Waals surface area contributed by atoms with Crippen LogP contribution in [0.5, 0.6) is 0 Å². The van der Waals surface area contributed by atoms with Gasteiger partial charge in [-0.15, -0.1) is 10.2 Å². The van der Waals surface area contributed by atoms with Gasteiger partial charge in [-0.1, -0.05) is 30.3 Å². The van der Waals surface area contributed by atoms with Crippen molar-refractivity contribution in [3.63, 3.8) is 0 Å². The van der Waals surface area contributed by atoms with Crippen molar-refractivity contribution in [1.82, 2.24) is 19.6 Å². The third kappa shape index (κ3) is 2.40. The monoisotopic (exact) mass is 335 g/mol. The number of fused-ring (bicyclic) bond motifs is 2. The number of ether oxygens (including phenoxy) is 1. The Hall–Kier alpha value is -2.47. The molecule has 25 heavy (non-hydrogen) atoms. The number of aromatic nitrogens is 4. The molecule has 0 radical (unpaired) electrons. The average Bonchev–Trinajstić information content (AvgIpc) is 3.27. The molecule has 0 N–H and O–H groups in total. The zero-order chi connectivity index (χ0) is 16.8. The van der Waals surface area contributed by atoms with E-state index in [-0.39, 0.29) is 0 Å². The highest BCUT2D eigenvalue weighted by molar-refractivity contribution is 5.54. The molecular formula is C19H21N5O. The summed E-state index contributed by atoms with van der Waals surface area (Å²) in [5.41, 5.74) is 2.25. The van der Waals surface area contributed by atoms with Gasteiger partial charge in [0.1, 0.15) is 18.0 Å². The van der Waals surface area contributed by atoms with Gasteiger partial charge in [-0.2, -0.15) is 0 Å². The molecule has 3 atom stereocenters. The van der Waals surface area contributed by atoms with E-state index in [2.05, 4.69) is 51.5 Å². The lowest BCUT2D eigenvalue weighted by Crippen LogP contribution is -2.39. The number of anilines is 1. The van der Waals surface area contributed by atoms with Crippen LogP contribution >= 0.6 is 0 Å². The molecule has 6 nitrogen and oxygen atoms in total. The zero-order valence-electron chi connectivity index (χ0n) is 14.2. The molecule has 1 aromatic carbocycles. The van der Waals surface area contributed by atoms with Crippen LogP contribution < -0.4 is 4.90 Å². The second kappa shape index (κ2) is 5.81. The first-order chi connectivity index (χ1) is 12.3. The van der Waals surface area contributed by atoms with E-state index in [4.69, 9.17) is 9.72 Å². The quantitative estimate of drug-likeness (QED) is 0.720. The maximum atomic E-state index is 5.83. The lowest BCUT2D eigenvalue weighted by Gasteiger charge is -2.33. The first-order valence-electron chi connectivity index (χ1n) is 8.88. The highest BCUT2D eigenvalue weighted by Crippen LogP contribution is 2.42. The maximum Gasteiger partial charge on any atom is 0.165 e. The van der Waals surface area contributed by atoms with Crippen molar-refractivity contribution in [1.29, 1.82) is 0 Å². The van der Waals surface area contributed by atoms with Crippen LogP contribution in [0, 0.1) is 12.8 Å². The first kappa shape index (κ1) is 14.8. The van der Waals surface area contributed by atoms with Gasteiger partial charge in [0.25, 0.3) is 0 Å². The minimum Gasteiger partial charge on any atom is -0.381 e. The maximum absolute atomic E-state index is 5.83. The molecule has 2 aromatic heterocycles. The molecule has 2 aliphatic rings. The number of hydrogen-bond donors (Lipinski definition) is 0. The highest BCUT2D eigenvalue weighted by atomic mass is 16.5. The standard InChI is InChI=1S/C19H21N5O/c1-13-21-18(9-19-22-20-12-24(13)19)23-10-15(14-5-3-2-4-6-14)16-11-25-8-7-17(16)23/h2-6,9,12,15-17H,7-8,10-11H2,1H3/t15-,16-,17-/m1/s1. The van der Waals surface area contributed by atoms with E-state index in [1.807, 2.05) is 11.3 Å². The lowest BCUT2D eigenvalue weighted by molar-refractivity contribution is 0.0461. The number of rotatable bonds is 2. The van der Waals surface area contributed by atoms with Gasteiger partial charge in [0.2, 0.25) is 0 Å². The Kier molecular flexibility index (Phi) is 3.45. The van der Waals surface area contributed by atoms with Crippen LogP contribution in [0.25, 0.3) is 5.65 Å². The van der Waals surface area contributed by atoms with E-state index in [0.717, 1.165) is 43.5 Å². The molecule has 0 saturated carbocycles. The van der Waals surface area contributed by atoms with Crippen LogP contribution in [0.1, 0.15) is 23.7 Å². The summed E-state index contributed by atoms with van der Waals surface area (Å²) in [6.45, 7) is 4.63. The van der Waals surface area contributed by atoms with Crippen LogP contribution in [0.2, 0.25) is 0 Å². The molecule has 6 heteroatoms. The summed E-state index contributed by atoms with van der Waals surface area (Å²) in [5, 5.41) is 8.22. The number of hydrogen-bond acceptors (Lipinski definition) is 5. The van der Waals surface area contributed by atoms with Gasteiger partial charge in [-0.05, 0) is 18.9 Å². The van der Waals surface area contributed by atoms with E-state index >= 15 is 0 Å². The topological polar surface area (TPSA) is 55.5 Å². The second-order valence-electron chi connectivity index (χ2n) is 6.99. The smallest absolute Gasteiger partial charge is 0.165 e. The van der Waals surface area contributed by atoms with Gasteiger partial charge in [0.05, 0.1) is 6.61 Å². The Bertz CT molecular complexity index is 893. The Balaban J connectivity index is 1.55. The third-order valence-electron chi connectivity index (χ3n) is 5.65. The van der Waals surface area contributed by atoms with Crippen molar-refractivity contribution in [3.8, 4) is 0 Å². The van der Waals surface area contributed by atoms with E-state index in [0.29, 0.717) is 17.9 Å². The molecule has 4 heterocycles. The minimum absolute atomic E-state index is 0.469. The van der Waals surface area contributed by atoms with E-state index in [1.54, 1.807) is 6.33 Å². The molecule has 0 unspecified atom stereocenters. The van der Waals surface area contributed by atoms with Crippen molar-refractivity contribution in [2.24, 2.45) is 5.92 Å². The first-order valence-corrected chi connectivity index (χ1v) is 8.88. The third-order valence-corrected chi connectivity index (χ3v) is 5.65. The van der Waals surface area contributed by atoms with E-state index < -0.39 is 0 Å². The molecule has 3 aromatic rings. The summed E-state index contributed by atoms with van der Waals surface area (Å²) >= 11 is 0. The second-order valence-corrected chi connectivity index (χ2v) is 6.99. The van der Waals surface area contributed by atoms with Crippen molar-refractivity contribution in [3.05, 3.63) is 54.1 Å². The lowest BCUT2D eigenvalue weighted by atomic mass is 9.84. The van der Waals surface area contributed by atoms with Crippen molar-refractivity contribution >= 4 is 11.5 Å². The summed E-state index contributed by atoms with van der Waals surface area (Å²) in [6, 6.07) is 13.3. The SMILES string of the molecule is Cc1nc(N2C[C@H](c3ccccc3)[C@H]3COCC[C@H]32)cc2nncn12. The predicted octanol–water partition coefficient (Wildman–Crippen LogP) is 2.44. The summed E-state index contributed by atoms with van der Waals surface area (Å²) in [7, 11) is 0. The van der Waals surface area contributed by atoms with Gasteiger partial charge < -0.3 is 9.64 Å². The van der Waals surface area contributed by atoms with Crippen LogP contribution in [0.4, 0.5) is 5.82 Å². The summed E-state index contributed by atoms with van der Waals surface area (Å²) in [6.07, 6.45) is 2.77. The summed E-state index contributed by atoms with van der Waals surface area (Å²) < 4.78 is 7.75. The molecule has 2 aliphatic heterocycles. The normalized spacial score (nSPS) is 26.1. The number of aryl methyl sites for hydroxylation is 1. The highest BCUT2D eigenvalue weighted by Gasteiger charge is 2.44. The Morgan fingerprint density at radius 2 is 2.08 bits per heavy atom. The molecule has 0 amide bonds. The zero-order valence-corrected chi connectivity index (χ0v) is 14.2. The number of nitrogens with zero attached hydrogens (tertiary/aromatic N) is 5. The van der Waals surface area contributed by atoms with E-state index in [1.165, 1.54) is 5.56 Å². The van der Waals surface area contributed by atoms with Crippen LogP contribution in [-0.2, 0) is 4.74 Å². The Morgan fingerprint density at radius 3 is 2.96 bits per heavy atom. The largest absolute Gasteiger partial charge is 0.381 e. The van der Waals surface area contributed by atoms with Crippen LogP contribution in [-0.4, -0.2) is 45.4 Å². The van der Waals surface area contributed by atoms with Gasteiger partial charge >= 0.3 is 0 Å². The molecular weight excluding hydrogens is 314 g/mol. The molecule has 0 aliphatic carbocycles. The summed E-state index contributed by atoms with van der Waals surface area (Å²) in [5.74, 6) is 2.91. The Morgan fingerprint density at radius 1 is 1.20 bits per heavy atom. The minimum atomic E-state index is 0.469. The molecule has 2 saturated heterocycles. The average molecular weight is 335 g/mol. The van der Waals surface area contributed by atoms with Crippen LogP contribution in [0.15, 0.2) is 42.7 Å². The van der Waals surface area contributed by atoms with Gasteiger partial charge in [0, 0.05) is 37.1 Å². The van der Waals surface area contributed by atoms with E-state index in [9.17, 15) is 0 Å². The van der Waals surface area contributed by atoms with Crippen molar-refractivity contribution < 1.29 is 4.74 Å². The molecule has 0 bridgehead atoms. The van der Waals surface area contributed by atoms with Crippen LogP contribution in [0.3, 0.4) is 0 Å². The fourth-order valence-corrected chi connectivity index (χ4v) is 4.43. The summed E-state index contributed by atoms with van der Waals surface area (Å²) in [4.78, 5) is 7.31.